The number of hydrogen-bond acceptors (Lipinski definition) is 3. The molecule has 2 radical (unpaired) electrons. The number of likely N-dealkylation sites (tertiary alicyclic amines) is 1. The van der Waals surface area contributed by atoms with E-state index in [2.05, 4.69) is 55.3 Å². The zero-order valence-electron chi connectivity index (χ0n) is 15.6. The molecule has 3 nitrogen and oxygen atoms in total. The summed E-state index contributed by atoms with van der Waals surface area (Å²) in [5.41, 5.74) is 9.03. The third-order valence-corrected chi connectivity index (χ3v) is 10.0. The molecule has 0 bridgehead atoms. The molecule has 2 aromatic carbocycles. The number of rotatable bonds is 4. The van der Waals surface area contributed by atoms with E-state index in [4.69, 9.17) is 0 Å². The van der Waals surface area contributed by atoms with Crippen molar-refractivity contribution in [3.63, 3.8) is 0 Å². The SMILES string of the molecule is C[As](C)C1CCN(Cc2cc(-c3cccc(F)c3)cc3c([As])ncnc23)C1. The van der Waals surface area contributed by atoms with Crippen LogP contribution in [0.25, 0.3) is 22.0 Å². The van der Waals surface area contributed by atoms with Gasteiger partial charge in [-0.3, -0.25) is 0 Å². The van der Waals surface area contributed by atoms with Crippen LogP contribution in [0.2, 0.25) is 16.1 Å². The Balaban J connectivity index is 1.76. The molecule has 0 saturated carbocycles. The van der Waals surface area contributed by atoms with Crippen molar-refractivity contribution in [3.05, 3.63) is 54.1 Å². The van der Waals surface area contributed by atoms with Gasteiger partial charge in [-0.1, -0.05) is 0 Å². The molecule has 0 aliphatic carbocycles. The molecule has 0 amide bonds. The van der Waals surface area contributed by atoms with Crippen molar-refractivity contribution in [2.75, 3.05) is 13.1 Å². The van der Waals surface area contributed by atoms with Crippen LogP contribution in [0.15, 0.2) is 42.7 Å². The average molecular weight is 485 g/mol. The van der Waals surface area contributed by atoms with E-state index >= 15 is 0 Å². The third kappa shape index (κ3) is 4.14. The molecule has 1 fully saturated rings. The molecule has 0 spiro atoms. The van der Waals surface area contributed by atoms with Gasteiger partial charge in [-0.2, -0.15) is 0 Å². The van der Waals surface area contributed by atoms with Crippen LogP contribution in [0.3, 0.4) is 0 Å². The predicted octanol–water partition coefficient (Wildman–Crippen LogP) is 3.56. The van der Waals surface area contributed by atoms with Crippen LogP contribution in [0.5, 0.6) is 0 Å². The van der Waals surface area contributed by atoms with Gasteiger partial charge < -0.3 is 0 Å². The summed E-state index contributed by atoms with van der Waals surface area (Å²) in [6, 6.07) is 11.1. The molecule has 138 valence electrons. The number of benzene rings is 2. The van der Waals surface area contributed by atoms with Crippen molar-refractivity contribution in [1.29, 1.82) is 0 Å². The summed E-state index contributed by atoms with van der Waals surface area (Å²) < 4.78 is 15.6. The first-order valence-corrected chi connectivity index (χ1v) is 14.9. The molecule has 1 aliphatic heterocycles. The van der Waals surface area contributed by atoms with Gasteiger partial charge in [0.2, 0.25) is 0 Å². The van der Waals surface area contributed by atoms with Gasteiger partial charge >= 0.3 is 174 Å². The van der Waals surface area contributed by atoms with Crippen LogP contribution < -0.4 is 4.48 Å². The van der Waals surface area contributed by atoms with Crippen LogP contribution in [0.4, 0.5) is 4.39 Å². The molecular formula is C21H22As2FN3. The molecular weight excluding hydrogens is 463 g/mol. The Bertz CT molecular complexity index is 977. The van der Waals surface area contributed by atoms with Gasteiger partial charge in [0, 0.05) is 0 Å². The van der Waals surface area contributed by atoms with E-state index in [9.17, 15) is 4.39 Å². The van der Waals surface area contributed by atoms with Crippen LogP contribution in [0, 0.1) is 5.82 Å². The maximum absolute atomic E-state index is 13.8. The Morgan fingerprint density at radius 2 is 2.04 bits per heavy atom. The van der Waals surface area contributed by atoms with E-state index in [1.54, 1.807) is 18.5 Å². The topological polar surface area (TPSA) is 29.0 Å². The Morgan fingerprint density at radius 3 is 2.78 bits per heavy atom. The van der Waals surface area contributed by atoms with Gasteiger partial charge in [0.15, 0.2) is 0 Å². The molecule has 1 saturated heterocycles. The number of nitrogens with zero attached hydrogens (tertiary/aromatic N) is 3. The summed E-state index contributed by atoms with van der Waals surface area (Å²) in [6.07, 6.45) is 2.95. The summed E-state index contributed by atoms with van der Waals surface area (Å²) >= 11 is 1.86. The Hall–Kier alpha value is -1.21. The molecule has 1 aliphatic rings. The summed E-state index contributed by atoms with van der Waals surface area (Å²) in [7, 11) is 0. The van der Waals surface area contributed by atoms with Crippen LogP contribution in [-0.2, 0) is 6.54 Å². The van der Waals surface area contributed by atoms with Crippen LogP contribution in [0.1, 0.15) is 12.0 Å². The Kier molecular flexibility index (Phi) is 5.69. The molecule has 27 heavy (non-hydrogen) atoms. The molecule has 0 N–H and O–H groups in total. The quantitative estimate of drug-likeness (QED) is 0.530. The van der Waals surface area contributed by atoms with E-state index in [0.29, 0.717) is 0 Å². The van der Waals surface area contributed by atoms with E-state index in [-0.39, 0.29) is 5.82 Å². The zero-order chi connectivity index (χ0) is 19.0. The van der Waals surface area contributed by atoms with Gasteiger partial charge in [0.1, 0.15) is 0 Å². The predicted molar refractivity (Wildman–Crippen MR) is 111 cm³/mol. The van der Waals surface area contributed by atoms with E-state index in [1.165, 1.54) is 24.6 Å². The average Bonchev–Trinajstić information content (AvgIpc) is 3.11. The van der Waals surface area contributed by atoms with Crippen LogP contribution in [-0.4, -0.2) is 59.5 Å². The minimum atomic E-state index is -0.669. The summed E-state index contributed by atoms with van der Waals surface area (Å²) in [5.74, 6) is -0.213. The van der Waals surface area contributed by atoms with Crippen molar-refractivity contribution in [3.8, 4) is 11.1 Å². The van der Waals surface area contributed by atoms with Gasteiger partial charge in [-0.15, -0.1) is 0 Å². The Labute approximate surface area is 173 Å². The van der Waals surface area contributed by atoms with E-state index in [0.717, 1.165) is 44.3 Å². The van der Waals surface area contributed by atoms with Gasteiger partial charge in [0.05, 0.1) is 0 Å². The molecule has 6 heteroatoms. The van der Waals surface area contributed by atoms with Crippen molar-refractivity contribution < 1.29 is 4.39 Å². The molecule has 1 unspecified atom stereocenters. The fourth-order valence-electron chi connectivity index (χ4n) is 3.80. The fourth-order valence-corrected chi connectivity index (χ4v) is 6.76. The maximum atomic E-state index is 13.8. The monoisotopic (exact) mass is 485 g/mol. The number of hydrogen-bond donors (Lipinski definition) is 0. The first-order chi connectivity index (χ1) is 13.0. The minimum absolute atomic E-state index is 0.213. The number of aromatic nitrogens is 2. The van der Waals surface area contributed by atoms with E-state index < -0.39 is 14.7 Å². The standard InChI is InChI=1S/C21H22As2FN3/c1-23(2)17-6-7-27(12-17)11-16-8-15(14-4-3-5-18(24)9-14)10-19-20(16)25-13-26-21(19)22/h3-5,8-10,13,17H,6-7,11-12H2,1-2H3. The molecule has 2 heterocycles. The second-order valence-electron chi connectivity index (χ2n) is 7.38. The number of halogens is 1. The van der Waals surface area contributed by atoms with Crippen molar-refractivity contribution in [2.45, 2.75) is 29.1 Å². The molecule has 3 aromatic rings. The zero-order valence-corrected chi connectivity index (χ0v) is 19.3. The number of fused-ring (bicyclic) bond motifs is 1. The molecule has 1 aromatic heterocycles. The summed E-state index contributed by atoms with van der Waals surface area (Å²) in [5, 5.41) is 1.03. The van der Waals surface area contributed by atoms with Crippen molar-refractivity contribution >= 4 is 46.9 Å². The van der Waals surface area contributed by atoms with Gasteiger partial charge in [-0.05, 0) is 0 Å². The second kappa shape index (κ2) is 8.03. The fraction of sp³-hybridized carbons (Fsp3) is 0.333. The normalized spacial score (nSPS) is 17.9. The second-order valence-corrected chi connectivity index (χ2v) is 13.8. The first-order valence-electron chi connectivity index (χ1n) is 9.12. The summed E-state index contributed by atoms with van der Waals surface area (Å²) in [6.45, 7) is 3.24. The van der Waals surface area contributed by atoms with Gasteiger partial charge in [-0.25, -0.2) is 0 Å². The first kappa shape index (κ1) is 19.1. The summed E-state index contributed by atoms with van der Waals surface area (Å²) in [4.78, 5) is 11.5. The third-order valence-electron chi connectivity index (χ3n) is 5.33. The van der Waals surface area contributed by atoms with Gasteiger partial charge in [0.25, 0.3) is 0 Å². The van der Waals surface area contributed by atoms with Crippen molar-refractivity contribution in [2.24, 2.45) is 0 Å². The molecule has 4 rings (SSSR count). The Morgan fingerprint density at radius 1 is 1.19 bits per heavy atom. The van der Waals surface area contributed by atoms with Crippen LogP contribution >= 0.6 is 0 Å². The van der Waals surface area contributed by atoms with E-state index in [1.807, 2.05) is 6.07 Å². The molecule has 1 atom stereocenters. The van der Waals surface area contributed by atoms with Crippen molar-refractivity contribution in [1.82, 2.24) is 14.9 Å².